The maximum absolute atomic E-state index is 13.9. The van der Waals surface area contributed by atoms with E-state index in [9.17, 15) is 24.9 Å². The van der Waals surface area contributed by atoms with Crippen molar-refractivity contribution in [2.45, 2.75) is 131 Å². The van der Waals surface area contributed by atoms with Crippen molar-refractivity contribution in [2.24, 2.45) is 50.2 Å². The molecule has 10 atom stereocenters. The second-order valence-corrected chi connectivity index (χ2v) is 16.4. The molecule has 220 valence electrons. The number of hydrogen-bond donors (Lipinski definition) is 4. The Balaban J connectivity index is 1.57. The Hall–Kier alpha value is -1.40. The lowest BCUT2D eigenvalue weighted by atomic mass is 9.33. The molecule has 0 heterocycles. The number of hydrogen-bond acceptors (Lipinski definition) is 4. The zero-order valence-corrected chi connectivity index (χ0v) is 25.6. The number of allylic oxidation sites excluding steroid dienone is 2. The molecule has 5 aliphatic carbocycles. The lowest BCUT2D eigenvalue weighted by Gasteiger charge is -2.71. The number of rotatable bonds is 3. The molecule has 0 spiro atoms. The minimum atomic E-state index is -0.993. The van der Waals surface area contributed by atoms with Crippen LogP contribution in [-0.2, 0) is 9.59 Å². The van der Waals surface area contributed by atoms with Gasteiger partial charge in [0.15, 0.2) is 0 Å². The first kappa shape index (κ1) is 29.1. The first-order chi connectivity index (χ1) is 17.9. The quantitative estimate of drug-likeness (QED) is 0.341. The first-order valence-corrected chi connectivity index (χ1v) is 15.5. The van der Waals surface area contributed by atoms with E-state index < -0.39 is 29.6 Å². The molecule has 0 aromatic rings. The minimum Gasteiger partial charge on any atom is -0.480 e. The van der Waals surface area contributed by atoms with E-state index in [1.54, 1.807) is 6.92 Å². The zero-order valence-electron chi connectivity index (χ0n) is 25.6. The van der Waals surface area contributed by atoms with E-state index in [-0.39, 0.29) is 38.9 Å². The number of aliphatic hydroxyl groups excluding tert-OH is 2. The summed E-state index contributed by atoms with van der Waals surface area (Å²) in [4.78, 5) is 25.6. The summed E-state index contributed by atoms with van der Waals surface area (Å²) in [6.07, 6.45) is 9.21. The van der Waals surface area contributed by atoms with Crippen molar-refractivity contribution < 1.29 is 24.9 Å². The van der Waals surface area contributed by atoms with Gasteiger partial charge in [0.2, 0.25) is 5.91 Å². The molecule has 4 N–H and O–H groups in total. The molecule has 0 saturated heterocycles. The average Bonchev–Trinajstić information content (AvgIpc) is 2.82. The number of carbonyl (C=O) groups is 2. The Morgan fingerprint density at radius 3 is 2.21 bits per heavy atom. The van der Waals surface area contributed by atoms with Gasteiger partial charge in [-0.1, -0.05) is 60.1 Å². The third-order valence-corrected chi connectivity index (χ3v) is 13.7. The summed E-state index contributed by atoms with van der Waals surface area (Å²) in [6.45, 7) is 17.8. The molecule has 5 rings (SSSR count). The Labute approximate surface area is 235 Å². The van der Waals surface area contributed by atoms with Crippen molar-refractivity contribution in [3.8, 4) is 0 Å². The number of aliphatic hydroxyl groups is 2. The van der Waals surface area contributed by atoms with Crippen LogP contribution in [0.4, 0.5) is 0 Å². The first-order valence-electron chi connectivity index (χ1n) is 15.5. The molecule has 1 amide bonds. The lowest BCUT2D eigenvalue weighted by molar-refractivity contribution is -0.231. The molecule has 0 bridgehead atoms. The van der Waals surface area contributed by atoms with Gasteiger partial charge < -0.3 is 20.6 Å². The summed E-state index contributed by atoms with van der Waals surface area (Å²) in [5, 5.41) is 34.4. The van der Waals surface area contributed by atoms with Crippen LogP contribution < -0.4 is 5.32 Å². The third-order valence-electron chi connectivity index (χ3n) is 13.7. The van der Waals surface area contributed by atoms with Crippen LogP contribution in [0.15, 0.2) is 11.6 Å². The molecule has 6 nitrogen and oxygen atoms in total. The summed E-state index contributed by atoms with van der Waals surface area (Å²) in [5.74, 6) is -0.217. The van der Waals surface area contributed by atoms with Crippen molar-refractivity contribution in [2.75, 3.05) is 0 Å². The Morgan fingerprint density at radius 2 is 1.56 bits per heavy atom. The Bertz CT molecular complexity index is 1080. The van der Waals surface area contributed by atoms with Gasteiger partial charge in [0.1, 0.15) is 6.04 Å². The monoisotopic (exact) mass is 543 g/mol. The van der Waals surface area contributed by atoms with E-state index in [4.69, 9.17) is 0 Å². The van der Waals surface area contributed by atoms with Gasteiger partial charge in [0.05, 0.1) is 17.6 Å². The van der Waals surface area contributed by atoms with Gasteiger partial charge in [-0.3, -0.25) is 9.59 Å². The minimum absolute atomic E-state index is 0.0268. The van der Waals surface area contributed by atoms with E-state index in [1.165, 1.54) is 5.57 Å². The summed E-state index contributed by atoms with van der Waals surface area (Å²) >= 11 is 0. The average molecular weight is 544 g/mol. The smallest absolute Gasteiger partial charge is 0.325 e. The highest BCUT2D eigenvalue weighted by molar-refractivity contribution is 5.88. The van der Waals surface area contributed by atoms with Gasteiger partial charge in [-0.15, -0.1) is 0 Å². The summed E-state index contributed by atoms with van der Waals surface area (Å²) in [6, 6.07) is -0.898. The van der Waals surface area contributed by atoms with Crippen LogP contribution >= 0.6 is 0 Å². The molecular weight excluding hydrogens is 490 g/mol. The number of aliphatic carboxylic acids is 1. The highest BCUT2D eigenvalue weighted by Gasteiger charge is 2.70. The van der Waals surface area contributed by atoms with E-state index in [0.29, 0.717) is 18.3 Å². The molecule has 0 aliphatic heterocycles. The predicted octanol–water partition coefficient (Wildman–Crippen LogP) is 5.71. The van der Waals surface area contributed by atoms with Gasteiger partial charge in [0, 0.05) is 0 Å². The van der Waals surface area contributed by atoms with Crippen molar-refractivity contribution in [3.05, 3.63) is 11.6 Å². The Morgan fingerprint density at radius 1 is 0.923 bits per heavy atom. The summed E-state index contributed by atoms with van der Waals surface area (Å²) in [7, 11) is 0. The number of carboxylic acids is 1. The fourth-order valence-corrected chi connectivity index (χ4v) is 11.2. The number of carboxylic acid groups (broad SMARTS) is 1. The summed E-state index contributed by atoms with van der Waals surface area (Å²) in [5.41, 5.74) is 0.565. The van der Waals surface area contributed by atoms with Gasteiger partial charge in [0.25, 0.3) is 0 Å². The maximum atomic E-state index is 13.9. The van der Waals surface area contributed by atoms with E-state index in [0.717, 1.165) is 51.4 Å². The second kappa shape index (κ2) is 8.80. The topological polar surface area (TPSA) is 107 Å². The number of nitrogens with one attached hydrogen (secondary N) is 1. The lowest BCUT2D eigenvalue weighted by Crippen LogP contribution is -2.67. The van der Waals surface area contributed by atoms with Crippen molar-refractivity contribution in [1.29, 1.82) is 0 Å². The van der Waals surface area contributed by atoms with Gasteiger partial charge in [-0.2, -0.15) is 0 Å². The van der Waals surface area contributed by atoms with Crippen LogP contribution in [0.3, 0.4) is 0 Å². The van der Waals surface area contributed by atoms with E-state index in [2.05, 4.69) is 59.9 Å². The molecular formula is C33H53NO5. The van der Waals surface area contributed by atoms with Gasteiger partial charge in [-0.25, -0.2) is 0 Å². The van der Waals surface area contributed by atoms with Crippen molar-refractivity contribution >= 4 is 11.9 Å². The van der Waals surface area contributed by atoms with E-state index in [1.807, 2.05) is 0 Å². The fourth-order valence-electron chi connectivity index (χ4n) is 11.2. The number of fused-ring (bicyclic) bond motifs is 7. The molecule has 0 aromatic heterocycles. The predicted molar refractivity (Wildman–Crippen MR) is 152 cm³/mol. The highest BCUT2D eigenvalue weighted by Crippen LogP contribution is 2.75. The third kappa shape index (κ3) is 3.86. The molecule has 4 saturated carbocycles. The maximum Gasteiger partial charge on any atom is 0.325 e. The van der Waals surface area contributed by atoms with Crippen LogP contribution in [0.1, 0.15) is 113 Å². The van der Waals surface area contributed by atoms with Crippen molar-refractivity contribution in [1.82, 2.24) is 5.32 Å². The molecule has 0 aromatic carbocycles. The van der Waals surface area contributed by atoms with Crippen LogP contribution in [0, 0.1) is 50.2 Å². The normalized spacial score (nSPS) is 48.8. The fraction of sp³-hybridized carbons (Fsp3) is 0.879. The molecule has 39 heavy (non-hydrogen) atoms. The number of carbonyl (C=O) groups excluding carboxylic acids is 1. The highest BCUT2D eigenvalue weighted by atomic mass is 16.4. The van der Waals surface area contributed by atoms with Crippen LogP contribution in [-0.4, -0.2) is 45.4 Å². The molecule has 0 unspecified atom stereocenters. The number of amides is 1. The largest absolute Gasteiger partial charge is 0.480 e. The zero-order chi connectivity index (χ0) is 29.0. The van der Waals surface area contributed by atoms with Gasteiger partial charge >= 0.3 is 5.97 Å². The second-order valence-electron chi connectivity index (χ2n) is 16.4. The standard InChI is InChI=1S/C33H53NO5/c1-19(26(37)38)34-27(39)33-15-13-28(2,3)17-21(33)20-9-10-24-30(6)18-22(35)25(36)29(4,5)23(30)11-12-32(24,8)31(20,7)14-16-33/h9,19,21-25,35-36H,10-18H2,1-8H3,(H,34,39)(H,37,38)/t19-,21-,22+,23-,24+,25-,30-,31+,32+,33-/m0/s1. The molecule has 4 fully saturated rings. The summed E-state index contributed by atoms with van der Waals surface area (Å²) < 4.78 is 0. The molecule has 0 radical (unpaired) electrons. The van der Waals surface area contributed by atoms with Crippen LogP contribution in [0.25, 0.3) is 0 Å². The van der Waals surface area contributed by atoms with Gasteiger partial charge in [-0.05, 0) is 110 Å². The van der Waals surface area contributed by atoms with Crippen LogP contribution in [0.5, 0.6) is 0 Å². The molecule has 5 aliphatic rings. The van der Waals surface area contributed by atoms with Crippen LogP contribution in [0.2, 0.25) is 0 Å². The van der Waals surface area contributed by atoms with E-state index >= 15 is 0 Å². The molecule has 6 heteroatoms. The SMILES string of the molecule is C[C@H](NC(=O)[C@]12CCC(C)(C)C[C@H]1C1=CC[C@@H]3[C@@]4(C)C[C@@H](O)[C@H](O)C(C)(C)[C@@H]4CC[C@@]3(C)[C@]1(C)CC2)C(=O)O. The van der Waals surface area contributed by atoms with Crippen molar-refractivity contribution in [3.63, 3.8) is 0 Å². The Kier molecular flexibility index (Phi) is 6.57.